The maximum Gasteiger partial charge on any atom is 0.258 e. The molecule has 1 amide bonds. The van der Waals surface area contributed by atoms with E-state index in [1.165, 1.54) is 0 Å². The first-order valence-corrected chi connectivity index (χ1v) is 10.6. The Bertz CT molecular complexity index is 987. The smallest absolute Gasteiger partial charge is 0.258 e. The summed E-state index contributed by atoms with van der Waals surface area (Å²) < 4.78 is 8.08. The van der Waals surface area contributed by atoms with Crippen LogP contribution in [0.5, 0.6) is 5.75 Å². The molecule has 0 radical (unpaired) electrons. The van der Waals surface area contributed by atoms with E-state index in [0.29, 0.717) is 23.8 Å². The van der Waals surface area contributed by atoms with Crippen molar-refractivity contribution in [3.63, 3.8) is 0 Å². The standard InChI is InChI=1S/C24H29N3O2/c1-3-22-25-13-16-27(22)17-18-11-14-26(15-12-18)24(28)23-20-8-6-5-7-19(20)9-10-21(23)29-4-2/h5-10,13,16,18H,3-4,11-12,14-15,17H2,1-2H3. The lowest BCUT2D eigenvalue weighted by Crippen LogP contribution is -2.39. The van der Waals surface area contributed by atoms with E-state index in [2.05, 4.69) is 22.7 Å². The molecule has 0 unspecified atom stereocenters. The van der Waals surface area contributed by atoms with E-state index in [0.717, 1.165) is 55.5 Å². The number of fused-ring (bicyclic) bond motifs is 1. The number of nitrogens with zero attached hydrogens (tertiary/aromatic N) is 3. The second-order valence-corrected chi connectivity index (χ2v) is 7.68. The van der Waals surface area contributed by atoms with Gasteiger partial charge < -0.3 is 14.2 Å². The summed E-state index contributed by atoms with van der Waals surface area (Å²) in [7, 11) is 0. The molecule has 5 heteroatoms. The molecule has 0 saturated carbocycles. The number of rotatable bonds is 6. The molecule has 0 atom stereocenters. The molecule has 1 aromatic heterocycles. The van der Waals surface area contributed by atoms with Gasteiger partial charge in [-0.1, -0.05) is 37.3 Å². The molecular weight excluding hydrogens is 362 g/mol. The first-order chi connectivity index (χ1) is 14.2. The zero-order valence-electron chi connectivity index (χ0n) is 17.3. The Labute approximate surface area is 172 Å². The maximum atomic E-state index is 13.5. The van der Waals surface area contributed by atoms with Crippen LogP contribution >= 0.6 is 0 Å². The normalized spacial score (nSPS) is 15.0. The fourth-order valence-electron chi connectivity index (χ4n) is 4.32. The number of carbonyl (C=O) groups excluding carboxylic acids is 1. The van der Waals surface area contributed by atoms with Crippen molar-refractivity contribution in [2.45, 2.75) is 39.7 Å². The van der Waals surface area contributed by atoms with Gasteiger partial charge >= 0.3 is 0 Å². The van der Waals surface area contributed by atoms with Crippen LogP contribution in [0.3, 0.4) is 0 Å². The zero-order chi connectivity index (χ0) is 20.2. The van der Waals surface area contributed by atoms with E-state index in [9.17, 15) is 4.79 Å². The highest BCUT2D eigenvalue weighted by Crippen LogP contribution is 2.31. The summed E-state index contributed by atoms with van der Waals surface area (Å²) >= 11 is 0. The number of likely N-dealkylation sites (tertiary alicyclic amines) is 1. The minimum absolute atomic E-state index is 0.0839. The second-order valence-electron chi connectivity index (χ2n) is 7.68. The lowest BCUT2D eigenvalue weighted by atomic mass is 9.95. The Morgan fingerprint density at radius 1 is 1.14 bits per heavy atom. The van der Waals surface area contributed by atoms with Gasteiger partial charge in [0.05, 0.1) is 12.2 Å². The van der Waals surface area contributed by atoms with Gasteiger partial charge in [-0.05, 0) is 42.5 Å². The Kier molecular flexibility index (Phi) is 5.84. The van der Waals surface area contributed by atoms with Crippen molar-refractivity contribution >= 4 is 16.7 Å². The highest BCUT2D eigenvalue weighted by atomic mass is 16.5. The van der Waals surface area contributed by atoms with Gasteiger partial charge in [-0.3, -0.25) is 4.79 Å². The van der Waals surface area contributed by atoms with E-state index in [-0.39, 0.29) is 5.91 Å². The molecule has 2 heterocycles. The van der Waals surface area contributed by atoms with Crippen molar-refractivity contribution in [1.82, 2.24) is 14.5 Å². The lowest BCUT2D eigenvalue weighted by Gasteiger charge is -2.33. The molecule has 0 aliphatic carbocycles. The first-order valence-electron chi connectivity index (χ1n) is 10.6. The Balaban J connectivity index is 1.50. The molecular formula is C24H29N3O2. The molecule has 152 valence electrons. The molecule has 1 saturated heterocycles. The molecule has 1 aliphatic rings. The summed E-state index contributed by atoms with van der Waals surface area (Å²) in [4.78, 5) is 19.9. The van der Waals surface area contributed by atoms with E-state index in [1.54, 1.807) is 0 Å². The van der Waals surface area contributed by atoms with Gasteiger partial charge in [-0.15, -0.1) is 0 Å². The zero-order valence-corrected chi connectivity index (χ0v) is 17.3. The van der Waals surface area contributed by atoms with Crippen molar-refractivity contribution in [2.24, 2.45) is 5.92 Å². The van der Waals surface area contributed by atoms with E-state index in [1.807, 2.05) is 54.4 Å². The molecule has 0 bridgehead atoms. The third-order valence-electron chi connectivity index (χ3n) is 5.88. The van der Waals surface area contributed by atoms with Crippen molar-refractivity contribution in [3.05, 3.63) is 60.2 Å². The van der Waals surface area contributed by atoms with Crippen molar-refractivity contribution < 1.29 is 9.53 Å². The number of amides is 1. The predicted molar refractivity (Wildman–Crippen MR) is 115 cm³/mol. The number of imidazole rings is 1. The van der Waals surface area contributed by atoms with Crippen LogP contribution in [-0.2, 0) is 13.0 Å². The van der Waals surface area contributed by atoms with Crippen LogP contribution < -0.4 is 4.74 Å². The monoisotopic (exact) mass is 391 g/mol. The van der Waals surface area contributed by atoms with E-state index >= 15 is 0 Å². The van der Waals surface area contributed by atoms with Crippen LogP contribution in [0, 0.1) is 5.92 Å². The van der Waals surface area contributed by atoms with Gasteiger partial charge in [0.1, 0.15) is 11.6 Å². The van der Waals surface area contributed by atoms with Gasteiger partial charge in [-0.2, -0.15) is 0 Å². The number of aryl methyl sites for hydroxylation is 1. The maximum absolute atomic E-state index is 13.5. The van der Waals surface area contributed by atoms with Gasteiger partial charge in [0, 0.05) is 38.4 Å². The molecule has 1 aliphatic heterocycles. The number of benzene rings is 2. The van der Waals surface area contributed by atoms with Crippen LogP contribution in [0.2, 0.25) is 0 Å². The van der Waals surface area contributed by atoms with Crippen molar-refractivity contribution in [1.29, 1.82) is 0 Å². The lowest BCUT2D eigenvalue weighted by molar-refractivity contribution is 0.0680. The van der Waals surface area contributed by atoms with Crippen LogP contribution in [0.25, 0.3) is 10.8 Å². The number of ether oxygens (including phenoxy) is 1. The van der Waals surface area contributed by atoms with Crippen molar-refractivity contribution in [3.8, 4) is 5.75 Å². The molecule has 5 nitrogen and oxygen atoms in total. The average molecular weight is 392 g/mol. The third kappa shape index (κ3) is 4.00. The predicted octanol–water partition coefficient (Wildman–Crippen LogP) is 4.55. The number of hydrogen-bond donors (Lipinski definition) is 0. The summed E-state index contributed by atoms with van der Waals surface area (Å²) in [5.41, 5.74) is 0.700. The SMILES string of the molecule is CCOc1ccc2ccccc2c1C(=O)N1CCC(Cn2ccnc2CC)CC1. The molecule has 4 rings (SSSR count). The fourth-order valence-corrected chi connectivity index (χ4v) is 4.32. The van der Waals surface area contributed by atoms with E-state index < -0.39 is 0 Å². The minimum Gasteiger partial charge on any atom is -0.493 e. The van der Waals surface area contributed by atoms with Crippen molar-refractivity contribution in [2.75, 3.05) is 19.7 Å². The minimum atomic E-state index is 0.0839. The summed E-state index contributed by atoms with van der Waals surface area (Å²) in [5.74, 6) is 2.49. The Hall–Kier alpha value is -2.82. The molecule has 2 aromatic carbocycles. The van der Waals surface area contributed by atoms with Gasteiger partial charge in [0.2, 0.25) is 0 Å². The highest BCUT2D eigenvalue weighted by molar-refractivity contribution is 6.09. The summed E-state index contributed by atoms with van der Waals surface area (Å²) in [6, 6.07) is 12.0. The molecule has 3 aromatic rings. The van der Waals surface area contributed by atoms with Crippen LogP contribution in [0.1, 0.15) is 42.9 Å². The first kappa shape index (κ1) is 19.5. The summed E-state index contributed by atoms with van der Waals surface area (Å²) in [5, 5.41) is 2.04. The van der Waals surface area contributed by atoms with Crippen LogP contribution in [-0.4, -0.2) is 40.1 Å². The molecule has 1 fully saturated rings. The van der Waals surface area contributed by atoms with Gasteiger partial charge in [-0.25, -0.2) is 4.98 Å². The van der Waals surface area contributed by atoms with E-state index in [4.69, 9.17) is 4.74 Å². The molecule has 0 N–H and O–H groups in total. The fraction of sp³-hybridized carbons (Fsp3) is 0.417. The average Bonchev–Trinajstić information content (AvgIpc) is 3.21. The third-order valence-corrected chi connectivity index (χ3v) is 5.88. The largest absolute Gasteiger partial charge is 0.493 e. The molecule has 29 heavy (non-hydrogen) atoms. The Morgan fingerprint density at radius 2 is 1.93 bits per heavy atom. The van der Waals surface area contributed by atoms with Gasteiger partial charge in [0.15, 0.2) is 0 Å². The summed E-state index contributed by atoms with van der Waals surface area (Å²) in [6.45, 7) is 7.20. The quantitative estimate of drug-likeness (QED) is 0.619. The number of aromatic nitrogens is 2. The van der Waals surface area contributed by atoms with Gasteiger partial charge in [0.25, 0.3) is 5.91 Å². The second kappa shape index (κ2) is 8.68. The highest BCUT2D eigenvalue weighted by Gasteiger charge is 2.27. The van der Waals surface area contributed by atoms with Crippen LogP contribution in [0.15, 0.2) is 48.8 Å². The topological polar surface area (TPSA) is 47.4 Å². The molecule has 0 spiro atoms. The van der Waals surface area contributed by atoms with Crippen LogP contribution in [0.4, 0.5) is 0 Å². The Morgan fingerprint density at radius 3 is 2.69 bits per heavy atom. The number of hydrogen-bond acceptors (Lipinski definition) is 3. The summed E-state index contributed by atoms with van der Waals surface area (Å²) in [6.07, 6.45) is 6.93. The number of carbonyl (C=O) groups is 1. The number of piperidine rings is 1.